The van der Waals surface area contributed by atoms with Gasteiger partial charge in [0.2, 0.25) is 11.6 Å². The van der Waals surface area contributed by atoms with Crippen LogP contribution in [0.2, 0.25) is 0 Å². The Kier molecular flexibility index (Phi) is 4.16. The topological polar surface area (TPSA) is 98.0 Å². The Hall–Kier alpha value is -1.01. The molecular formula is C15H22O5. The molecule has 0 amide bonds. The summed E-state index contributed by atoms with van der Waals surface area (Å²) in [6.45, 7) is 3.83. The van der Waals surface area contributed by atoms with E-state index in [2.05, 4.69) is 6.58 Å². The van der Waals surface area contributed by atoms with Crippen molar-refractivity contribution in [2.75, 3.05) is 0 Å². The lowest BCUT2D eigenvalue weighted by Gasteiger charge is -2.31. The van der Waals surface area contributed by atoms with Crippen molar-refractivity contribution < 1.29 is 25.2 Å². The van der Waals surface area contributed by atoms with Gasteiger partial charge in [-0.25, -0.2) is 0 Å². The van der Waals surface area contributed by atoms with E-state index in [4.69, 9.17) is 0 Å². The van der Waals surface area contributed by atoms with Gasteiger partial charge in [0, 0.05) is 0 Å². The molecule has 0 aromatic rings. The largest absolute Gasteiger partial charge is 0.361 e. The molecular weight excluding hydrogens is 260 g/mol. The molecule has 112 valence electrons. The Morgan fingerprint density at radius 3 is 2.50 bits per heavy atom. The summed E-state index contributed by atoms with van der Waals surface area (Å²) in [6, 6.07) is 0. The van der Waals surface area contributed by atoms with Gasteiger partial charge in [0.05, 0.1) is 6.42 Å². The van der Waals surface area contributed by atoms with E-state index in [9.17, 15) is 25.2 Å². The van der Waals surface area contributed by atoms with Gasteiger partial charge in [0.25, 0.3) is 0 Å². The van der Waals surface area contributed by atoms with Crippen LogP contribution in [0, 0.1) is 17.8 Å². The van der Waals surface area contributed by atoms with E-state index in [1.54, 1.807) is 0 Å². The van der Waals surface area contributed by atoms with Gasteiger partial charge in [-0.1, -0.05) is 11.6 Å². The highest BCUT2D eigenvalue weighted by molar-refractivity contribution is 5.51. The summed E-state index contributed by atoms with van der Waals surface area (Å²) in [4.78, 5) is 10.4. The van der Waals surface area contributed by atoms with Gasteiger partial charge in [-0.2, -0.15) is 0 Å². The summed E-state index contributed by atoms with van der Waals surface area (Å²) in [7, 11) is 0. The zero-order valence-electron chi connectivity index (χ0n) is 11.4. The fraction of sp³-hybridized carbons (Fsp3) is 0.667. The molecule has 5 heteroatoms. The number of carbonyl (C=O) groups is 1. The maximum absolute atomic E-state index is 10.4. The molecule has 20 heavy (non-hydrogen) atoms. The standard InChI is InChI=1S/C15H22O5/c1-2-11-3-4-12-7-10(8-13(11)12)9-15(19,20)14(17,18)5-6-16/h2,6,9,11-13,17-20H,1,3-5,7-8H2/b10-9+. The minimum Gasteiger partial charge on any atom is -0.361 e. The number of aldehydes is 1. The van der Waals surface area contributed by atoms with Crippen LogP contribution in [-0.2, 0) is 4.79 Å². The van der Waals surface area contributed by atoms with E-state index in [0.29, 0.717) is 24.2 Å². The minimum absolute atomic E-state index is 0.247. The summed E-state index contributed by atoms with van der Waals surface area (Å²) in [5.41, 5.74) is 0.801. The van der Waals surface area contributed by atoms with Crippen LogP contribution in [-0.4, -0.2) is 38.3 Å². The fourth-order valence-electron chi connectivity index (χ4n) is 3.56. The first kappa shape index (κ1) is 15.4. The molecule has 0 radical (unpaired) electrons. The first-order chi connectivity index (χ1) is 9.30. The van der Waals surface area contributed by atoms with Crippen molar-refractivity contribution in [1.29, 1.82) is 0 Å². The average molecular weight is 282 g/mol. The highest BCUT2D eigenvalue weighted by atomic mass is 16.6. The lowest BCUT2D eigenvalue weighted by molar-refractivity contribution is -0.331. The highest BCUT2D eigenvalue weighted by Crippen LogP contribution is 2.50. The van der Waals surface area contributed by atoms with Crippen molar-refractivity contribution in [3.63, 3.8) is 0 Å². The Balaban J connectivity index is 2.13. The van der Waals surface area contributed by atoms with E-state index in [1.165, 1.54) is 0 Å². The number of fused-ring (bicyclic) bond motifs is 1. The number of aliphatic hydroxyl groups is 4. The summed E-state index contributed by atoms with van der Waals surface area (Å²) in [5.74, 6) is -4.28. The predicted molar refractivity (Wildman–Crippen MR) is 72.2 cm³/mol. The molecule has 0 spiro atoms. The molecule has 0 aromatic carbocycles. The van der Waals surface area contributed by atoms with Crippen LogP contribution >= 0.6 is 0 Å². The normalized spacial score (nSPS) is 32.4. The fourth-order valence-corrected chi connectivity index (χ4v) is 3.56. The molecule has 2 fully saturated rings. The maximum atomic E-state index is 10.4. The van der Waals surface area contributed by atoms with Crippen LogP contribution < -0.4 is 0 Å². The van der Waals surface area contributed by atoms with Gasteiger partial charge in [-0.05, 0) is 49.5 Å². The molecule has 5 nitrogen and oxygen atoms in total. The third-order valence-electron chi connectivity index (χ3n) is 4.71. The van der Waals surface area contributed by atoms with E-state index in [1.807, 2.05) is 6.08 Å². The third kappa shape index (κ3) is 2.72. The molecule has 3 unspecified atom stereocenters. The van der Waals surface area contributed by atoms with Crippen molar-refractivity contribution >= 4 is 6.29 Å². The van der Waals surface area contributed by atoms with Crippen LogP contribution in [0.4, 0.5) is 0 Å². The Morgan fingerprint density at radius 1 is 1.20 bits per heavy atom. The molecule has 4 N–H and O–H groups in total. The second-order valence-corrected chi connectivity index (χ2v) is 6.03. The zero-order chi connectivity index (χ0) is 15.0. The van der Waals surface area contributed by atoms with E-state index >= 15 is 0 Å². The van der Waals surface area contributed by atoms with Crippen molar-refractivity contribution in [2.45, 2.75) is 43.7 Å². The van der Waals surface area contributed by atoms with Crippen LogP contribution in [0.5, 0.6) is 0 Å². The minimum atomic E-state index is -2.86. The van der Waals surface area contributed by atoms with Crippen molar-refractivity contribution in [1.82, 2.24) is 0 Å². The number of hydrogen-bond acceptors (Lipinski definition) is 5. The first-order valence-corrected chi connectivity index (χ1v) is 6.97. The summed E-state index contributed by atoms with van der Waals surface area (Å²) < 4.78 is 0. The molecule has 2 aliphatic rings. The summed E-state index contributed by atoms with van der Waals surface area (Å²) >= 11 is 0. The van der Waals surface area contributed by atoms with E-state index < -0.39 is 18.0 Å². The monoisotopic (exact) mass is 282 g/mol. The summed E-state index contributed by atoms with van der Waals surface area (Å²) in [6.07, 6.45) is 6.17. The number of hydrogen-bond donors (Lipinski definition) is 4. The smallest absolute Gasteiger partial charge is 0.239 e. The van der Waals surface area contributed by atoms with Crippen LogP contribution in [0.15, 0.2) is 24.3 Å². The van der Waals surface area contributed by atoms with Crippen molar-refractivity contribution in [2.24, 2.45) is 17.8 Å². The zero-order valence-corrected chi connectivity index (χ0v) is 11.4. The molecule has 0 heterocycles. The Bertz CT molecular complexity index is 424. The first-order valence-electron chi connectivity index (χ1n) is 6.97. The molecule has 0 bridgehead atoms. The van der Waals surface area contributed by atoms with Gasteiger partial charge >= 0.3 is 0 Å². The van der Waals surface area contributed by atoms with Crippen LogP contribution in [0.3, 0.4) is 0 Å². The molecule has 0 aromatic heterocycles. The second-order valence-electron chi connectivity index (χ2n) is 6.03. The number of carbonyl (C=O) groups excluding carboxylic acids is 1. The van der Waals surface area contributed by atoms with E-state index in [-0.39, 0.29) is 6.29 Å². The lowest BCUT2D eigenvalue weighted by Crippen LogP contribution is -2.53. The molecule has 0 saturated heterocycles. The molecule has 0 aliphatic heterocycles. The predicted octanol–water partition coefficient (Wildman–Crippen LogP) is 0.486. The summed E-state index contributed by atoms with van der Waals surface area (Å²) in [5, 5.41) is 38.8. The average Bonchev–Trinajstić information content (AvgIpc) is 2.87. The van der Waals surface area contributed by atoms with Gasteiger partial charge < -0.3 is 25.2 Å². The van der Waals surface area contributed by atoms with Crippen molar-refractivity contribution in [3.05, 3.63) is 24.3 Å². The van der Waals surface area contributed by atoms with Crippen LogP contribution in [0.25, 0.3) is 0 Å². The molecule has 2 aliphatic carbocycles. The third-order valence-corrected chi connectivity index (χ3v) is 4.71. The Labute approximate surface area is 118 Å². The van der Waals surface area contributed by atoms with Crippen molar-refractivity contribution in [3.8, 4) is 0 Å². The van der Waals surface area contributed by atoms with Crippen LogP contribution in [0.1, 0.15) is 32.1 Å². The maximum Gasteiger partial charge on any atom is 0.239 e. The number of allylic oxidation sites excluding steroid dienone is 2. The highest BCUT2D eigenvalue weighted by Gasteiger charge is 2.47. The van der Waals surface area contributed by atoms with Gasteiger partial charge in [0.15, 0.2) is 0 Å². The Morgan fingerprint density at radius 2 is 1.90 bits per heavy atom. The molecule has 3 atom stereocenters. The van der Waals surface area contributed by atoms with Gasteiger partial charge in [-0.3, -0.25) is 0 Å². The SMILES string of the molecule is C=CC1CCC2C/C(=C\C(O)(O)C(O)(O)CC=O)CC12. The van der Waals surface area contributed by atoms with Gasteiger partial charge in [0.1, 0.15) is 6.29 Å². The van der Waals surface area contributed by atoms with Gasteiger partial charge in [-0.15, -0.1) is 6.58 Å². The quantitative estimate of drug-likeness (QED) is 0.334. The number of rotatable bonds is 5. The lowest BCUT2D eigenvalue weighted by atomic mass is 9.92. The molecule has 2 saturated carbocycles. The molecule has 2 rings (SSSR count). The second kappa shape index (κ2) is 5.41. The van der Waals surface area contributed by atoms with E-state index in [0.717, 1.165) is 30.9 Å².